The molecule has 1 amide bonds. The molecule has 1 unspecified atom stereocenters. The van der Waals surface area contributed by atoms with Gasteiger partial charge in [0.05, 0.1) is 0 Å². The molecule has 0 heterocycles. The zero-order valence-electron chi connectivity index (χ0n) is 9.36. The summed E-state index contributed by atoms with van der Waals surface area (Å²) in [4.78, 5) is 11.2. The third-order valence-corrected chi connectivity index (χ3v) is 2.17. The maximum absolute atomic E-state index is 11.7. The van der Waals surface area contributed by atoms with Gasteiger partial charge in [0.15, 0.2) is 0 Å². The molecule has 0 rings (SSSR count). The van der Waals surface area contributed by atoms with E-state index in [-0.39, 0.29) is 6.54 Å². The van der Waals surface area contributed by atoms with Crippen LogP contribution < -0.4 is 11.1 Å². The zero-order chi connectivity index (χ0) is 12.8. The molecular formula is C9H17F3N2O2. The Morgan fingerprint density at radius 1 is 1.44 bits per heavy atom. The Kier molecular flexibility index (Phi) is 5.74. The van der Waals surface area contributed by atoms with Crippen LogP contribution in [0.2, 0.25) is 0 Å². The third-order valence-electron chi connectivity index (χ3n) is 2.17. The number of carbonyl (C=O) groups excluding carboxylic acids is 1. The van der Waals surface area contributed by atoms with Crippen LogP contribution in [-0.2, 0) is 9.53 Å². The number of nitrogens with one attached hydrogen (secondary N) is 1. The standard InChI is InChI=1S/C9H17F3N2O2/c1-3-8(2,5-13)14-7(15)4-16-6-9(10,11)12/h3-6,13H2,1-2H3,(H,14,15). The first-order valence-corrected chi connectivity index (χ1v) is 4.88. The van der Waals surface area contributed by atoms with E-state index < -0.39 is 30.8 Å². The molecule has 96 valence electrons. The van der Waals surface area contributed by atoms with Crippen molar-refractivity contribution in [1.82, 2.24) is 5.32 Å². The van der Waals surface area contributed by atoms with E-state index in [0.29, 0.717) is 6.42 Å². The number of hydrogen-bond donors (Lipinski definition) is 2. The highest BCUT2D eigenvalue weighted by molar-refractivity contribution is 5.78. The number of nitrogens with two attached hydrogens (primary N) is 1. The maximum Gasteiger partial charge on any atom is 0.411 e. The number of ether oxygens (including phenoxy) is 1. The van der Waals surface area contributed by atoms with E-state index in [1.165, 1.54) is 0 Å². The summed E-state index contributed by atoms with van der Waals surface area (Å²) >= 11 is 0. The summed E-state index contributed by atoms with van der Waals surface area (Å²) in [7, 11) is 0. The van der Waals surface area contributed by atoms with Crippen molar-refractivity contribution in [2.24, 2.45) is 5.73 Å². The van der Waals surface area contributed by atoms with Crippen LogP contribution in [0.4, 0.5) is 13.2 Å². The number of rotatable bonds is 6. The van der Waals surface area contributed by atoms with Crippen LogP contribution in [-0.4, -0.2) is 37.4 Å². The summed E-state index contributed by atoms with van der Waals surface area (Å²) in [6.45, 7) is 1.72. The van der Waals surface area contributed by atoms with Crippen molar-refractivity contribution in [3.63, 3.8) is 0 Å². The summed E-state index contributed by atoms with van der Waals surface area (Å²) in [5, 5.41) is 2.52. The second kappa shape index (κ2) is 6.05. The molecule has 0 spiro atoms. The van der Waals surface area contributed by atoms with Gasteiger partial charge in [0.1, 0.15) is 13.2 Å². The van der Waals surface area contributed by atoms with Gasteiger partial charge in [0.25, 0.3) is 0 Å². The lowest BCUT2D eigenvalue weighted by Gasteiger charge is -2.27. The lowest BCUT2D eigenvalue weighted by Crippen LogP contribution is -2.52. The molecule has 1 atom stereocenters. The van der Waals surface area contributed by atoms with Gasteiger partial charge < -0.3 is 15.8 Å². The fraction of sp³-hybridized carbons (Fsp3) is 0.889. The van der Waals surface area contributed by atoms with Crippen LogP contribution in [0, 0.1) is 0 Å². The van der Waals surface area contributed by atoms with Crippen molar-refractivity contribution in [3.05, 3.63) is 0 Å². The van der Waals surface area contributed by atoms with Gasteiger partial charge in [0.2, 0.25) is 5.91 Å². The van der Waals surface area contributed by atoms with Gasteiger partial charge in [-0.3, -0.25) is 4.79 Å². The van der Waals surface area contributed by atoms with E-state index in [1.54, 1.807) is 6.92 Å². The number of alkyl halides is 3. The van der Waals surface area contributed by atoms with Crippen molar-refractivity contribution >= 4 is 5.91 Å². The summed E-state index contributed by atoms with van der Waals surface area (Å²) in [5.41, 5.74) is 4.83. The Morgan fingerprint density at radius 2 is 2.00 bits per heavy atom. The average Bonchev–Trinajstić information content (AvgIpc) is 2.15. The Bertz CT molecular complexity index is 227. The van der Waals surface area contributed by atoms with Gasteiger partial charge in [-0.15, -0.1) is 0 Å². The predicted octanol–water partition coefficient (Wildman–Crippen LogP) is 0.809. The molecule has 0 saturated heterocycles. The Balaban J connectivity index is 3.91. The summed E-state index contributed by atoms with van der Waals surface area (Å²) < 4.78 is 39.3. The first-order chi connectivity index (χ1) is 7.22. The summed E-state index contributed by atoms with van der Waals surface area (Å²) in [5.74, 6) is -0.598. The quantitative estimate of drug-likeness (QED) is 0.724. The Morgan fingerprint density at radius 3 is 2.38 bits per heavy atom. The monoisotopic (exact) mass is 242 g/mol. The molecule has 0 radical (unpaired) electrons. The van der Waals surface area contributed by atoms with Crippen molar-refractivity contribution in [3.8, 4) is 0 Å². The van der Waals surface area contributed by atoms with Crippen LogP contribution in [0.1, 0.15) is 20.3 Å². The van der Waals surface area contributed by atoms with Gasteiger partial charge in [-0.05, 0) is 13.3 Å². The van der Waals surface area contributed by atoms with E-state index in [9.17, 15) is 18.0 Å². The minimum Gasteiger partial charge on any atom is -0.362 e. The molecule has 0 aliphatic rings. The van der Waals surface area contributed by atoms with Crippen LogP contribution in [0.15, 0.2) is 0 Å². The fourth-order valence-corrected chi connectivity index (χ4v) is 0.916. The largest absolute Gasteiger partial charge is 0.411 e. The molecule has 0 aliphatic heterocycles. The van der Waals surface area contributed by atoms with Gasteiger partial charge >= 0.3 is 6.18 Å². The van der Waals surface area contributed by atoms with Crippen LogP contribution >= 0.6 is 0 Å². The van der Waals surface area contributed by atoms with E-state index in [4.69, 9.17) is 5.73 Å². The molecule has 16 heavy (non-hydrogen) atoms. The van der Waals surface area contributed by atoms with Gasteiger partial charge in [-0.2, -0.15) is 13.2 Å². The first kappa shape index (κ1) is 15.2. The highest BCUT2D eigenvalue weighted by Crippen LogP contribution is 2.14. The van der Waals surface area contributed by atoms with Crippen LogP contribution in [0.25, 0.3) is 0 Å². The smallest absolute Gasteiger partial charge is 0.362 e. The lowest BCUT2D eigenvalue weighted by atomic mass is 9.99. The van der Waals surface area contributed by atoms with Gasteiger partial charge in [-0.25, -0.2) is 0 Å². The molecule has 3 N–H and O–H groups in total. The summed E-state index contributed by atoms with van der Waals surface area (Å²) in [6, 6.07) is 0. The fourth-order valence-electron chi connectivity index (χ4n) is 0.916. The zero-order valence-corrected chi connectivity index (χ0v) is 9.36. The van der Waals surface area contributed by atoms with E-state index in [0.717, 1.165) is 0 Å². The molecular weight excluding hydrogens is 225 g/mol. The molecule has 0 fully saturated rings. The Labute approximate surface area is 92.3 Å². The molecule has 0 aromatic rings. The lowest BCUT2D eigenvalue weighted by molar-refractivity contribution is -0.176. The van der Waals surface area contributed by atoms with Crippen molar-refractivity contribution in [2.75, 3.05) is 19.8 Å². The minimum atomic E-state index is -4.41. The average molecular weight is 242 g/mol. The van der Waals surface area contributed by atoms with E-state index >= 15 is 0 Å². The number of halogens is 3. The maximum atomic E-state index is 11.7. The predicted molar refractivity (Wildman–Crippen MR) is 52.8 cm³/mol. The Hall–Kier alpha value is -0.820. The third kappa shape index (κ3) is 6.62. The van der Waals surface area contributed by atoms with E-state index in [1.807, 2.05) is 6.92 Å². The number of hydrogen-bond acceptors (Lipinski definition) is 3. The molecule has 0 saturated carbocycles. The molecule has 0 bridgehead atoms. The number of carbonyl (C=O) groups is 1. The normalized spacial score (nSPS) is 15.6. The molecule has 0 aromatic carbocycles. The highest BCUT2D eigenvalue weighted by Gasteiger charge is 2.28. The van der Waals surface area contributed by atoms with Gasteiger partial charge in [-0.1, -0.05) is 6.92 Å². The van der Waals surface area contributed by atoms with Crippen LogP contribution in [0.5, 0.6) is 0 Å². The van der Waals surface area contributed by atoms with Crippen molar-refractivity contribution in [2.45, 2.75) is 32.0 Å². The SMILES string of the molecule is CCC(C)(CN)NC(=O)COCC(F)(F)F. The summed E-state index contributed by atoms with van der Waals surface area (Å²) in [6.07, 6.45) is -3.82. The molecule has 4 nitrogen and oxygen atoms in total. The molecule has 0 aromatic heterocycles. The molecule has 0 aliphatic carbocycles. The van der Waals surface area contributed by atoms with Crippen molar-refractivity contribution in [1.29, 1.82) is 0 Å². The van der Waals surface area contributed by atoms with E-state index in [2.05, 4.69) is 10.1 Å². The minimum absolute atomic E-state index is 0.217. The van der Waals surface area contributed by atoms with Gasteiger partial charge in [0, 0.05) is 12.1 Å². The van der Waals surface area contributed by atoms with Crippen LogP contribution in [0.3, 0.4) is 0 Å². The van der Waals surface area contributed by atoms with Crippen molar-refractivity contribution < 1.29 is 22.7 Å². The second-order valence-corrected chi connectivity index (χ2v) is 3.77. The number of amides is 1. The first-order valence-electron chi connectivity index (χ1n) is 4.88. The second-order valence-electron chi connectivity index (χ2n) is 3.77. The highest BCUT2D eigenvalue weighted by atomic mass is 19.4. The topological polar surface area (TPSA) is 64.3 Å². The molecule has 7 heteroatoms.